The van der Waals surface area contributed by atoms with Crippen molar-refractivity contribution in [3.8, 4) is 11.1 Å². The average molecular weight is 481 g/mol. The molecule has 0 aliphatic carbocycles. The Kier molecular flexibility index (Phi) is 7.57. The van der Waals surface area contributed by atoms with Crippen LogP contribution in [0.1, 0.15) is 40.6 Å². The molecule has 0 radical (unpaired) electrons. The number of nitrogens with zero attached hydrogens (tertiary/aromatic N) is 2. The molecule has 0 aromatic heterocycles. The van der Waals surface area contributed by atoms with Crippen LogP contribution in [-0.2, 0) is 11.2 Å². The molecule has 0 fully saturated rings. The minimum atomic E-state index is -0.564. The highest BCUT2D eigenvalue weighted by atomic mass is 35.5. The first-order valence-corrected chi connectivity index (χ1v) is 11.5. The van der Waals surface area contributed by atoms with Gasteiger partial charge < -0.3 is 14.7 Å². The fourth-order valence-corrected chi connectivity index (χ4v) is 4.28. The molecule has 1 atom stereocenters. The molecule has 0 spiro atoms. The lowest BCUT2D eigenvalue weighted by molar-refractivity contribution is -0.384. The number of nitro benzene ring substituents is 1. The van der Waals surface area contributed by atoms with Gasteiger partial charge in [-0.2, -0.15) is 0 Å². The van der Waals surface area contributed by atoms with E-state index in [1.807, 2.05) is 42.5 Å². The number of rotatable bonds is 10. The lowest BCUT2D eigenvalue weighted by Gasteiger charge is -2.26. The third-order valence-corrected chi connectivity index (χ3v) is 6.15. The highest BCUT2D eigenvalue weighted by molar-refractivity contribution is 6.30. The molecule has 1 amide bonds. The largest absolute Gasteiger partial charge is 0.396 e. The molecule has 1 aliphatic rings. The Bertz CT molecular complexity index is 1160. The molecule has 34 heavy (non-hydrogen) atoms. The summed E-state index contributed by atoms with van der Waals surface area (Å²) < 4.78 is 6.22. The van der Waals surface area contributed by atoms with Crippen LogP contribution in [0.5, 0.6) is 0 Å². The van der Waals surface area contributed by atoms with Gasteiger partial charge in [-0.3, -0.25) is 14.9 Å². The van der Waals surface area contributed by atoms with Crippen molar-refractivity contribution in [2.24, 2.45) is 0 Å². The van der Waals surface area contributed by atoms with Gasteiger partial charge in [-0.1, -0.05) is 48.0 Å². The maximum absolute atomic E-state index is 13.4. The van der Waals surface area contributed by atoms with E-state index in [-0.39, 0.29) is 18.2 Å². The number of ether oxygens (including phenoxy) is 1. The number of aliphatic hydroxyl groups is 1. The molecule has 3 aromatic carbocycles. The van der Waals surface area contributed by atoms with Crippen molar-refractivity contribution in [3.63, 3.8) is 0 Å². The van der Waals surface area contributed by atoms with Crippen molar-refractivity contribution in [2.45, 2.75) is 25.5 Å². The fraction of sp³-hybridized carbons (Fsp3) is 0.269. The number of carbonyl (C=O) groups excluding carboxylic acids is 1. The smallest absolute Gasteiger partial charge is 0.269 e. The predicted molar refractivity (Wildman–Crippen MR) is 130 cm³/mol. The van der Waals surface area contributed by atoms with E-state index in [9.17, 15) is 14.9 Å². The summed E-state index contributed by atoms with van der Waals surface area (Å²) in [6, 6.07) is 19.5. The minimum absolute atomic E-state index is 0.0334. The van der Waals surface area contributed by atoms with E-state index in [4.69, 9.17) is 21.4 Å². The van der Waals surface area contributed by atoms with E-state index >= 15 is 0 Å². The van der Waals surface area contributed by atoms with Crippen LogP contribution in [0.3, 0.4) is 0 Å². The van der Waals surface area contributed by atoms with E-state index in [2.05, 4.69) is 0 Å². The zero-order valence-electron chi connectivity index (χ0n) is 18.5. The summed E-state index contributed by atoms with van der Waals surface area (Å²) in [4.78, 5) is 25.6. The molecule has 1 aliphatic heterocycles. The third-order valence-electron chi connectivity index (χ3n) is 5.90. The van der Waals surface area contributed by atoms with E-state index in [0.29, 0.717) is 43.0 Å². The van der Waals surface area contributed by atoms with Gasteiger partial charge in [0.15, 0.2) is 6.23 Å². The van der Waals surface area contributed by atoms with Gasteiger partial charge >= 0.3 is 0 Å². The zero-order valence-corrected chi connectivity index (χ0v) is 19.3. The Morgan fingerprint density at radius 1 is 1.00 bits per heavy atom. The van der Waals surface area contributed by atoms with Gasteiger partial charge in [0.05, 0.1) is 4.92 Å². The second-order valence-corrected chi connectivity index (χ2v) is 8.54. The van der Waals surface area contributed by atoms with Gasteiger partial charge in [0, 0.05) is 48.0 Å². The van der Waals surface area contributed by atoms with Crippen LogP contribution in [0.2, 0.25) is 5.02 Å². The molecule has 0 saturated carbocycles. The topological polar surface area (TPSA) is 92.9 Å². The van der Waals surface area contributed by atoms with Crippen molar-refractivity contribution >= 4 is 23.2 Å². The number of aliphatic hydroxyl groups excluding tert-OH is 1. The highest BCUT2D eigenvalue weighted by Gasteiger charge is 2.39. The first-order valence-electron chi connectivity index (χ1n) is 11.1. The van der Waals surface area contributed by atoms with Crippen molar-refractivity contribution in [2.75, 3.05) is 19.8 Å². The third kappa shape index (κ3) is 5.12. The van der Waals surface area contributed by atoms with E-state index < -0.39 is 11.2 Å². The molecular weight excluding hydrogens is 456 g/mol. The van der Waals surface area contributed by atoms with Crippen LogP contribution >= 0.6 is 11.6 Å². The van der Waals surface area contributed by atoms with Gasteiger partial charge in [-0.25, -0.2) is 0 Å². The number of hydrogen-bond acceptors (Lipinski definition) is 5. The minimum Gasteiger partial charge on any atom is -0.396 e. The summed E-state index contributed by atoms with van der Waals surface area (Å²) in [6.45, 7) is 0.889. The lowest BCUT2D eigenvalue weighted by Crippen LogP contribution is -2.32. The van der Waals surface area contributed by atoms with Crippen molar-refractivity contribution in [1.29, 1.82) is 0 Å². The SMILES string of the molecule is O=C1c2cccc(-c3ccc(Cl)cc3)c2C(OCCCCO)N1CCc1ccc([N+](=O)[O-])cc1. The van der Waals surface area contributed by atoms with Crippen LogP contribution in [-0.4, -0.2) is 40.6 Å². The number of benzene rings is 3. The van der Waals surface area contributed by atoms with Gasteiger partial charge in [0.25, 0.3) is 11.6 Å². The first-order chi connectivity index (χ1) is 16.5. The Labute approximate surface area is 202 Å². The summed E-state index contributed by atoms with van der Waals surface area (Å²) >= 11 is 6.07. The molecule has 8 heteroatoms. The molecule has 1 heterocycles. The average Bonchev–Trinajstić information content (AvgIpc) is 3.12. The van der Waals surface area contributed by atoms with E-state index in [1.54, 1.807) is 17.0 Å². The number of nitro groups is 1. The molecular formula is C26H25ClN2O5. The highest BCUT2D eigenvalue weighted by Crippen LogP contribution is 2.41. The summed E-state index contributed by atoms with van der Waals surface area (Å²) in [6.07, 6.45) is 1.27. The molecule has 0 bridgehead atoms. The number of non-ortho nitro benzene ring substituents is 1. The first kappa shape index (κ1) is 23.9. The maximum Gasteiger partial charge on any atom is 0.269 e. The van der Waals surface area contributed by atoms with Gasteiger partial charge in [0.1, 0.15) is 0 Å². The van der Waals surface area contributed by atoms with Gasteiger partial charge in [0.2, 0.25) is 0 Å². The zero-order chi connectivity index (χ0) is 24.1. The summed E-state index contributed by atoms with van der Waals surface area (Å²) in [5, 5.41) is 20.7. The Morgan fingerprint density at radius 2 is 1.71 bits per heavy atom. The van der Waals surface area contributed by atoms with Crippen molar-refractivity contribution in [1.82, 2.24) is 4.90 Å². The number of halogens is 1. The van der Waals surface area contributed by atoms with Gasteiger partial charge in [-0.15, -0.1) is 0 Å². The maximum atomic E-state index is 13.4. The van der Waals surface area contributed by atoms with Crippen LogP contribution in [0.25, 0.3) is 11.1 Å². The van der Waals surface area contributed by atoms with Gasteiger partial charge in [-0.05, 0) is 54.2 Å². The lowest BCUT2D eigenvalue weighted by atomic mass is 9.96. The fourth-order valence-electron chi connectivity index (χ4n) is 4.15. The molecule has 1 N–H and O–H groups in total. The van der Waals surface area contributed by atoms with Crippen LogP contribution in [0.15, 0.2) is 66.7 Å². The molecule has 1 unspecified atom stereocenters. The summed E-state index contributed by atoms with van der Waals surface area (Å²) in [5.41, 5.74) is 4.20. The van der Waals surface area contributed by atoms with Crippen LogP contribution < -0.4 is 0 Å². The molecule has 4 rings (SSSR count). The predicted octanol–water partition coefficient (Wildman–Crippen LogP) is 5.40. The summed E-state index contributed by atoms with van der Waals surface area (Å²) in [7, 11) is 0. The monoisotopic (exact) mass is 480 g/mol. The summed E-state index contributed by atoms with van der Waals surface area (Å²) in [5.74, 6) is -0.111. The number of unbranched alkanes of at least 4 members (excludes halogenated alkanes) is 1. The number of fused-ring (bicyclic) bond motifs is 1. The normalized spacial score (nSPS) is 14.9. The second-order valence-electron chi connectivity index (χ2n) is 8.10. The Morgan fingerprint density at radius 3 is 2.38 bits per heavy atom. The molecule has 0 saturated heterocycles. The Hall–Kier alpha value is -3.26. The van der Waals surface area contributed by atoms with E-state index in [0.717, 1.165) is 22.3 Å². The molecule has 7 nitrogen and oxygen atoms in total. The number of amides is 1. The number of carbonyl (C=O) groups is 1. The Balaban J connectivity index is 1.62. The molecule has 176 valence electrons. The van der Waals surface area contributed by atoms with Crippen LogP contribution in [0.4, 0.5) is 5.69 Å². The second kappa shape index (κ2) is 10.8. The van der Waals surface area contributed by atoms with Crippen molar-refractivity contribution in [3.05, 3.63) is 98.6 Å². The molecule has 3 aromatic rings. The van der Waals surface area contributed by atoms with Crippen LogP contribution in [0, 0.1) is 10.1 Å². The van der Waals surface area contributed by atoms with Crippen molar-refractivity contribution < 1.29 is 19.6 Å². The standard InChI is InChI=1S/C26H25ClN2O5/c27-20-10-8-19(9-11-20)22-4-3-5-23-24(22)26(34-17-2-1-16-30)28(25(23)31)15-14-18-6-12-21(13-7-18)29(32)33/h3-13,26,30H,1-2,14-17H2. The quantitative estimate of drug-likeness (QED) is 0.238. The van der Waals surface area contributed by atoms with E-state index in [1.165, 1.54) is 12.1 Å². The number of hydrogen-bond donors (Lipinski definition) is 1.